The lowest BCUT2D eigenvalue weighted by molar-refractivity contribution is -0.0858. The molecule has 2 heterocycles. The molecule has 1 saturated heterocycles. The van der Waals surface area contributed by atoms with E-state index in [1.165, 1.54) is 12.5 Å². The SMILES string of the molecule is CC1CN(C(=O)c2ccoc2)CC(CO)O1. The number of amides is 1. The number of carbonyl (C=O) groups excluding carboxylic acids is 1. The third kappa shape index (κ3) is 2.25. The largest absolute Gasteiger partial charge is 0.472 e. The number of ether oxygens (including phenoxy) is 1. The summed E-state index contributed by atoms with van der Waals surface area (Å²) in [5, 5.41) is 9.06. The third-order valence-electron chi connectivity index (χ3n) is 2.59. The van der Waals surface area contributed by atoms with Crippen LogP contribution in [0.4, 0.5) is 0 Å². The van der Waals surface area contributed by atoms with E-state index in [-0.39, 0.29) is 24.7 Å². The summed E-state index contributed by atoms with van der Waals surface area (Å²) in [7, 11) is 0. The van der Waals surface area contributed by atoms with E-state index in [0.717, 1.165) is 0 Å². The van der Waals surface area contributed by atoms with Crippen LogP contribution in [0.5, 0.6) is 0 Å². The smallest absolute Gasteiger partial charge is 0.257 e. The number of rotatable bonds is 2. The third-order valence-corrected chi connectivity index (χ3v) is 2.59. The molecule has 1 amide bonds. The Labute approximate surface area is 93.6 Å². The molecule has 1 aromatic heterocycles. The summed E-state index contributed by atoms with van der Waals surface area (Å²) in [6.45, 7) is 2.78. The minimum Gasteiger partial charge on any atom is -0.472 e. The van der Waals surface area contributed by atoms with Gasteiger partial charge in [0.1, 0.15) is 6.26 Å². The Morgan fingerprint density at radius 1 is 1.62 bits per heavy atom. The summed E-state index contributed by atoms with van der Waals surface area (Å²) >= 11 is 0. The number of morpholine rings is 1. The van der Waals surface area contributed by atoms with Crippen LogP contribution in [0.25, 0.3) is 0 Å². The molecule has 5 heteroatoms. The van der Waals surface area contributed by atoms with Crippen LogP contribution in [-0.2, 0) is 4.74 Å². The molecule has 5 nitrogen and oxygen atoms in total. The van der Waals surface area contributed by atoms with Crippen LogP contribution in [0, 0.1) is 0 Å². The van der Waals surface area contributed by atoms with E-state index < -0.39 is 0 Å². The van der Waals surface area contributed by atoms with Crippen molar-refractivity contribution in [1.82, 2.24) is 4.90 Å². The van der Waals surface area contributed by atoms with E-state index in [1.54, 1.807) is 11.0 Å². The highest BCUT2D eigenvalue weighted by atomic mass is 16.5. The minimum atomic E-state index is -0.292. The molecule has 1 fully saturated rings. The normalized spacial score (nSPS) is 25.8. The number of carbonyl (C=O) groups is 1. The van der Waals surface area contributed by atoms with E-state index in [0.29, 0.717) is 18.7 Å². The number of nitrogens with zero attached hydrogens (tertiary/aromatic N) is 1. The zero-order valence-corrected chi connectivity index (χ0v) is 9.13. The summed E-state index contributed by atoms with van der Waals surface area (Å²) < 4.78 is 10.3. The standard InChI is InChI=1S/C11H15NO4/c1-8-4-12(5-10(6-13)16-8)11(14)9-2-3-15-7-9/h2-3,7-8,10,13H,4-6H2,1H3. The molecule has 1 aromatic rings. The van der Waals surface area contributed by atoms with Crippen molar-refractivity contribution >= 4 is 5.91 Å². The molecule has 1 aliphatic rings. The number of hydrogen-bond donors (Lipinski definition) is 1. The zero-order chi connectivity index (χ0) is 11.5. The number of furan rings is 1. The highest BCUT2D eigenvalue weighted by Crippen LogP contribution is 2.14. The van der Waals surface area contributed by atoms with Gasteiger partial charge < -0.3 is 19.2 Å². The second-order valence-electron chi connectivity index (χ2n) is 3.97. The van der Waals surface area contributed by atoms with Crippen molar-refractivity contribution in [3.63, 3.8) is 0 Å². The highest BCUT2D eigenvalue weighted by Gasteiger charge is 2.28. The molecule has 0 spiro atoms. The Bertz CT molecular complexity index is 349. The van der Waals surface area contributed by atoms with Crippen LogP contribution in [0.3, 0.4) is 0 Å². The van der Waals surface area contributed by atoms with Gasteiger partial charge in [0.15, 0.2) is 0 Å². The van der Waals surface area contributed by atoms with Gasteiger partial charge in [0.05, 0.1) is 30.6 Å². The van der Waals surface area contributed by atoms with E-state index in [2.05, 4.69) is 0 Å². The maximum atomic E-state index is 12.0. The lowest BCUT2D eigenvalue weighted by atomic mass is 10.2. The molecule has 0 saturated carbocycles. The van der Waals surface area contributed by atoms with Gasteiger partial charge in [-0.2, -0.15) is 0 Å². The molecule has 0 aromatic carbocycles. The average Bonchev–Trinajstić information content (AvgIpc) is 2.80. The van der Waals surface area contributed by atoms with Crippen molar-refractivity contribution in [2.24, 2.45) is 0 Å². The average molecular weight is 225 g/mol. The Kier molecular flexibility index (Phi) is 3.26. The van der Waals surface area contributed by atoms with Crippen molar-refractivity contribution < 1.29 is 19.1 Å². The molecule has 2 atom stereocenters. The molecule has 16 heavy (non-hydrogen) atoms. The minimum absolute atomic E-state index is 0.0539. The lowest BCUT2D eigenvalue weighted by Gasteiger charge is -2.35. The fraction of sp³-hybridized carbons (Fsp3) is 0.545. The molecular formula is C11H15NO4. The summed E-state index contributed by atoms with van der Waals surface area (Å²) in [6.07, 6.45) is 2.55. The van der Waals surface area contributed by atoms with Gasteiger partial charge in [-0.1, -0.05) is 0 Å². The second-order valence-corrected chi connectivity index (χ2v) is 3.97. The van der Waals surface area contributed by atoms with Crippen molar-refractivity contribution in [1.29, 1.82) is 0 Å². The molecular weight excluding hydrogens is 210 g/mol. The number of aliphatic hydroxyl groups excluding tert-OH is 1. The van der Waals surface area contributed by atoms with Gasteiger partial charge in [-0.3, -0.25) is 4.79 Å². The Morgan fingerprint density at radius 3 is 3.06 bits per heavy atom. The van der Waals surface area contributed by atoms with Gasteiger partial charge in [0.25, 0.3) is 5.91 Å². The summed E-state index contributed by atoms with van der Waals surface area (Å²) in [4.78, 5) is 13.7. The van der Waals surface area contributed by atoms with E-state index in [1.807, 2.05) is 6.92 Å². The van der Waals surface area contributed by atoms with Crippen molar-refractivity contribution in [2.75, 3.05) is 19.7 Å². The first-order valence-corrected chi connectivity index (χ1v) is 5.28. The molecule has 0 radical (unpaired) electrons. The first kappa shape index (κ1) is 11.2. The number of hydrogen-bond acceptors (Lipinski definition) is 4. The van der Waals surface area contributed by atoms with Crippen LogP contribution in [0.1, 0.15) is 17.3 Å². The maximum Gasteiger partial charge on any atom is 0.257 e. The quantitative estimate of drug-likeness (QED) is 0.796. The zero-order valence-electron chi connectivity index (χ0n) is 9.13. The fourth-order valence-electron chi connectivity index (χ4n) is 1.88. The molecule has 1 aliphatic heterocycles. The van der Waals surface area contributed by atoms with Crippen molar-refractivity contribution in [2.45, 2.75) is 19.1 Å². The molecule has 0 aliphatic carbocycles. The van der Waals surface area contributed by atoms with E-state index in [4.69, 9.17) is 14.3 Å². The first-order valence-electron chi connectivity index (χ1n) is 5.28. The predicted molar refractivity (Wildman–Crippen MR) is 56.0 cm³/mol. The maximum absolute atomic E-state index is 12.0. The topological polar surface area (TPSA) is 62.9 Å². The van der Waals surface area contributed by atoms with Crippen LogP contribution in [-0.4, -0.2) is 47.8 Å². The van der Waals surface area contributed by atoms with Gasteiger partial charge in [0.2, 0.25) is 0 Å². The lowest BCUT2D eigenvalue weighted by Crippen LogP contribution is -2.50. The van der Waals surface area contributed by atoms with Gasteiger partial charge in [-0.05, 0) is 13.0 Å². The van der Waals surface area contributed by atoms with Crippen molar-refractivity contribution in [3.05, 3.63) is 24.2 Å². The van der Waals surface area contributed by atoms with E-state index in [9.17, 15) is 4.79 Å². The fourth-order valence-corrected chi connectivity index (χ4v) is 1.88. The summed E-state index contributed by atoms with van der Waals surface area (Å²) in [6, 6.07) is 1.64. The Morgan fingerprint density at radius 2 is 2.44 bits per heavy atom. The van der Waals surface area contributed by atoms with Crippen LogP contribution < -0.4 is 0 Å². The second kappa shape index (κ2) is 4.67. The molecule has 1 N–H and O–H groups in total. The molecule has 2 rings (SSSR count). The molecule has 88 valence electrons. The van der Waals surface area contributed by atoms with Gasteiger partial charge in [-0.15, -0.1) is 0 Å². The van der Waals surface area contributed by atoms with Gasteiger partial charge in [-0.25, -0.2) is 0 Å². The Hall–Kier alpha value is -1.33. The summed E-state index contributed by atoms with van der Waals surface area (Å²) in [5.74, 6) is -0.0812. The molecule has 0 bridgehead atoms. The monoisotopic (exact) mass is 225 g/mol. The first-order chi connectivity index (χ1) is 7.70. The number of aliphatic hydroxyl groups is 1. The van der Waals surface area contributed by atoms with Crippen LogP contribution in [0.2, 0.25) is 0 Å². The van der Waals surface area contributed by atoms with Crippen LogP contribution >= 0.6 is 0 Å². The molecule has 2 unspecified atom stereocenters. The Balaban J connectivity index is 2.06. The van der Waals surface area contributed by atoms with Gasteiger partial charge in [0, 0.05) is 13.1 Å². The van der Waals surface area contributed by atoms with Crippen molar-refractivity contribution in [3.8, 4) is 0 Å². The highest BCUT2D eigenvalue weighted by molar-refractivity contribution is 5.93. The van der Waals surface area contributed by atoms with Gasteiger partial charge >= 0.3 is 0 Å². The predicted octanol–water partition coefficient (Wildman–Crippen LogP) is 0.501. The van der Waals surface area contributed by atoms with E-state index >= 15 is 0 Å². The van der Waals surface area contributed by atoms with Crippen LogP contribution in [0.15, 0.2) is 23.0 Å². The summed E-state index contributed by atoms with van der Waals surface area (Å²) in [5.41, 5.74) is 0.533.